The van der Waals surface area contributed by atoms with Crippen LogP contribution in [0, 0.1) is 0 Å². The number of rotatable bonds is 4. The number of hydrogen-bond donors (Lipinski definition) is 1. The highest BCUT2D eigenvalue weighted by Crippen LogP contribution is 2.14. The maximum Gasteiger partial charge on any atom is 0.151 e. The van der Waals surface area contributed by atoms with Gasteiger partial charge in [0.05, 0.1) is 11.6 Å². The second-order valence-electron chi connectivity index (χ2n) is 4.79. The number of aromatic nitrogens is 1. The van der Waals surface area contributed by atoms with Gasteiger partial charge in [-0.1, -0.05) is 11.6 Å². The molecule has 0 spiro atoms. The zero-order chi connectivity index (χ0) is 12.2. The second kappa shape index (κ2) is 5.41. The fraction of sp³-hybridized carbons (Fsp3) is 0.500. The normalized spacial score (nSPS) is 11.5. The lowest BCUT2D eigenvalue weighted by Crippen LogP contribution is -2.39. The molecule has 0 aliphatic heterocycles. The Labute approximate surface area is 101 Å². The lowest BCUT2D eigenvalue weighted by molar-refractivity contribution is -0.117. The van der Waals surface area contributed by atoms with Gasteiger partial charge in [-0.15, -0.1) is 0 Å². The summed E-state index contributed by atoms with van der Waals surface area (Å²) >= 11 is 5.92. The van der Waals surface area contributed by atoms with Crippen LogP contribution < -0.4 is 5.32 Å². The number of nitrogens with zero attached hydrogens (tertiary/aromatic N) is 1. The van der Waals surface area contributed by atoms with Crippen LogP contribution in [0.15, 0.2) is 18.5 Å². The van der Waals surface area contributed by atoms with Gasteiger partial charge in [0.25, 0.3) is 0 Å². The van der Waals surface area contributed by atoms with E-state index in [0.29, 0.717) is 18.0 Å². The molecule has 0 aromatic carbocycles. The van der Waals surface area contributed by atoms with Crippen LogP contribution in [0.5, 0.6) is 0 Å². The van der Waals surface area contributed by atoms with Crippen molar-refractivity contribution in [2.75, 3.05) is 6.54 Å². The van der Waals surface area contributed by atoms with Gasteiger partial charge < -0.3 is 5.32 Å². The Hall–Kier alpha value is -0.930. The van der Waals surface area contributed by atoms with E-state index in [9.17, 15) is 4.79 Å². The number of ketones is 1. The third-order valence-electron chi connectivity index (χ3n) is 2.06. The molecule has 0 atom stereocenters. The number of halogens is 1. The minimum Gasteiger partial charge on any atom is -0.305 e. The van der Waals surface area contributed by atoms with E-state index in [2.05, 4.69) is 10.3 Å². The van der Waals surface area contributed by atoms with Crippen LogP contribution in [0.4, 0.5) is 0 Å². The molecule has 0 aliphatic carbocycles. The van der Waals surface area contributed by atoms with Crippen molar-refractivity contribution in [1.29, 1.82) is 0 Å². The van der Waals surface area contributed by atoms with Crippen molar-refractivity contribution >= 4 is 17.4 Å². The maximum absolute atomic E-state index is 11.7. The molecule has 0 unspecified atom stereocenters. The van der Waals surface area contributed by atoms with E-state index >= 15 is 0 Å². The molecule has 0 fully saturated rings. The monoisotopic (exact) mass is 240 g/mol. The number of carbonyl (C=O) groups is 1. The first-order valence-electron chi connectivity index (χ1n) is 5.23. The zero-order valence-corrected chi connectivity index (χ0v) is 10.6. The van der Waals surface area contributed by atoms with E-state index in [1.54, 1.807) is 18.5 Å². The van der Waals surface area contributed by atoms with E-state index < -0.39 is 0 Å². The Balaban J connectivity index is 2.50. The molecular formula is C12H17ClN2O. The molecule has 1 heterocycles. The molecule has 4 heteroatoms. The summed E-state index contributed by atoms with van der Waals surface area (Å²) in [6.45, 7) is 6.45. The lowest BCUT2D eigenvalue weighted by Gasteiger charge is -2.19. The molecule has 0 amide bonds. The Morgan fingerprint density at radius 2 is 2.19 bits per heavy atom. The van der Waals surface area contributed by atoms with Crippen LogP contribution in [0.25, 0.3) is 0 Å². The molecule has 88 valence electrons. The van der Waals surface area contributed by atoms with Gasteiger partial charge in [-0.2, -0.15) is 0 Å². The molecule has 0 radical (unpaired) electrons. The van der Waals surface area contributed by atoms with Crippen LogP contribution in [-0.4, -0.2) is 22.9 Å². The molecule has 0 aliphatic rings. The Kier molecular flexibility index (Phi) is 4.44. The topological polar surface area (TPSA) is 42.0 Å². The quantitative estimate of drug-likeness (QED) is 0.878. The first kappa shape index (κ1) is 13.1. The van der Waals surface area contributed by atoms with Gasteiger partial charge >= 0.3 is 0 Å². The highest BCUT2D eigenvalue weighted by atomic mass is 35.5. The number of Topliss-reactive ketones (excluding diaryl/α,β-unsaturated/α-hetero) is 1. The molecule has 1 N–H and O–H groups in total. The Morgan fingerprint density at radius 3 is 2.75 bits per heavy atom. The van der Waals surface area contributed by atoms with E-state index in [1.165, 1.54) is 0 Å². The molecule has 16 heavy (non-hydrogen) atoms. The molecular weight excluding hydrogens is 224 g/mol. The minimum absolute atomic E-state index is 0.0440. The second-order valence-corrected chi connectivity index (χ2v) is 5.19. The highest BCUT2D eigenvalue weighted by molar-refractivity contribution is 6.31. The van der Waals surface area contributed by atoms with Crippen LogP contribution >= 0.6 is 11.6 Å². The first-order chi connectivity index (χ1) is 7.38. The SMILES string of the molecule is CC(C)(C)NCC(=O)Cc1ccncc1Cl. The van der Waals surface area contributed by atoms with E-state index in [4.69, 9.17) is 11.6 Å². The van der Waals surface area contributed by atoms with Crippen LogP contribution in [0.3, 0.4) is 0 Å². The fourth-order valence-corrected chi connectivity index (χ4v) is 1.37. The number of carbonyl (C=O) groups excluding carboxylic acids is 1. The summed E-state index contributed by atoms with van der Waals surface area (Å²) < 4.78 is 0. The van der Waals surface area contributed by atoms with Gasteiger partial charge in [0, 0.05) is 24.4 Å². The molecule has 0 saturated heterocycles. The van der Waals surface area contributed by atoms with Crippen molar-refractivity contribution in [2.24, 2.45) is 0 Å². The van der Waals surface area contributed by atoms with Gasteiger partial charge in [0.2, 0.25) is 0 Å². The summed E-state index contributed by atoms with van der Waals surface area (Å²) in [5, 5.41) is 3.70. The van der Waals surface area contributed by atoms with Gasteiger partial charge in [-0.3, -0.25) is 9.78 Å². The Morgan fingerprint density at radius 1 is 1.50 bits per heavy atom. The summed E-state index contributed by atoms with van der Waals surface area (Å²) in [5.74, 6) is 0.128. The lowest BCUT2D eigenvalue weighted by atomic mass is 10.1. The predicted octanol–water partition coefficient (Wildman–Crippen LogP) is 2.23. The van der Waals surface area contributed by atoms with E-state index in [0.717, 1.165) is 5.56 Å². The highest BCUT2D eigenvalue weighted by Gasteiger charge is 2.12. The van der Waals surface area contributed by atoms with E-state index in [1.807, 2.05) is 20.8 Å². The molecule has 3 nitrogen and oxygen atoms in total. The first-order valence-corrected chi connectivity index (χ1v) is 5.61. The smallest absolute Gasteiger partial charge is 0.151 e. The molecule has 1 rings (SSSR count). The van der Waals surface area contributed by atoms with Crippen LogP contribution in [0.2, 0.25) is 5.02 Å². The fourth-order valence-electron chi connectivity index (χ4n) is 1.19. The van der Waals surface area contributed by atoms with Crippen molar-refractivity contribution in [3.05, 3.63) is 29.0 Å². The third-order valence-corrected chi connectivity index (χ3v) is 2.40. The molecule has 0 saturated carbocycles. The minimum atomic E-state index is -0.0440. The van der Waals surface area contributed by atoms with Crippen molar-refractivity contribution in [1.82, 2.24) is 10.3 Å². The summed E-state index contributed by atoms with van der Waals surface area (Å²) in [6, 6.07) is 1.78. The van der Waals surface area contributed by atoms with Gasteiger partial charge in [-0.05, 0) is 32.4 Å². The van der Waals surface area contributed by atoms with Gasteiger partial charge in [-0.25, -0.2) is 0 Å². The summed E-state index contributed by atoms with van der Waals surface area (Å²) in [5.41, 5.74) is 0.787. The molecule has 1 aromatic heterocycles. The van der Waals surface area contributed by atoms with Crippen LogP contribution in [-0.2, 0) is 11.2 Å². The zero-order valence-electron chi connectivity index (χ0n) is 9.88. The molecule has 1 aromatic rings. The summed E-state index contributed by atoms with van der Waals surface area (Å²) in [7, 11) is 0. The maximum atomic E-state index is 11.7. The number of pyridine rings is 1. The van der Waals surface area contributed by atoms with Crippen molar-refractivity contribution in [3.63, 3.8) is 0 Å². The van der Waals surface area contributed by atoms with Crippen molar-refractivity contribution in [2.45, 2.75) is 32.7 Å². The van der Waals surface area contributed by atoms with Gasteiger partial charge in [0.15, 0.2) is 5.78 Å². The number of nitrogens with one attached hydrogen (secondary N) is 1. The average molecular weight is 241 g/mol. The number of hydrogen-bond acceptors (Lipinski definition) is 3. The molecule has 0 bridgehead atoms. The van der Waals surface area contributed by atoms with E-state index in [-0.39, 0.29) is 11.3 Å². The largest absolute Gasteiger partial charge is 0.305 e. The van der Waals surface area contributed by atoms with Crippen LogP contribution in [0.1, 0.15) is 26.3 Å². The Bertz CT molecular complexity index is 372. The van der Waals surface area contributed by atoms with Crippen molar-refractivity contribution in [3.8, 4) is 0 Å². The predicted molar refractivity (Wildman–Crippen MR) is 65.7 cm³/mol. The summed E-state index contributed by atoms with van der Waals surface area (Å²) in [4.78, 5) is 15.5. The third kappa shape index (κ3) is 4.73. The van der Waals surface area contributed by atoms with Crippen molar-refractivity contribution < 1.29 is 4.79 Å². The average Bonchev–Trinajstić information content (AvgIpc) is 2.18. The standard InChI is InChI=1S/C12H17ClN2O/c1-12(2,3)15-7-10(16)6-9-4-5-14-8-11(9)13/h4-5,8,15H,6-7H2,1-3H3. The summed E-state index contributed by atoms with van der Waals surface area (Å²) in [6.07, 6.45) is 3.55. The van der Waals surface area contributed by atoms with Gasteiger partial charge in [0.1, 0.15) is 0 Å².